The number of azo groups is 2. The van der Waals surface area contributed by atoms with Crippen LogP contribution in [0.2, 0.25) is 0 Å². The Morgan fingerprint density at radius 3 is 1.66 bits per heavy atom. The van der Waals surface area contributed by atoms with Crippen molar-refractivity contribution >= 4 is 123 Å². The first-order valence-corrected chi connectivity index (χ1v) is 28.0. The lowest BCUT2D eigenvalue weighted by Crippen LogP contribution is -2.27. The predicted octanol–water partition coefficient (Wildman–Crippen LogP) is 5.63. The molecule has 1 heterocycles. The van der Waals surface area contributed by atoms with E-state index < -0.39 is 114 Å². The average Bonchev–Trinajstić information content (AvgIpc) is 3.25. The number of anilines is 5. The van der Waals surface area contributed by atoms with Crippen LogP contribution < -0.4 is 20.7 Å². The van der Waals surface area contributed by atoms with E-state index in [9.17, 15) is 77.8 Å². The minimum absolute atomic E-state index is 0.0290. The van der Waals surface area contributed by atoms with E-state index in [1.54, 1.807) is 0 Å². The molecule has 0 fully saturated rings. The number of fused-ring (bicyclic) bond motifs is 1. The molecule has 1 unspecified atom stereocenters. The van der Waals surface area contributed by atoms with Gasteiger partial charge in [0.25, 0.3) is 60.7 Å². The van der Waals surface area contributed by atoms with Crippen LogP contribution in [0.5, 0.6) is 5.75 Å². The first-order chi connectivity index (χ1) is 32.8. The van der Waals surface area contributed by atoms with E-state index in [-0.39, 0.29) is 59.1 Å². The maximum Gasteiger partial charge on any atom is 0.295 e. The second-order valence-electron chi connectivity index (χ2n) is 14.3. The van der Waals surface area contributed by atoms with Crippen LogP contribution in [0.1, 0.15) is 13.3 Å². The summed E-state index contributed by atoms with van der Waals surface area (Å²) in [4.78, 5) is 8.79. The molecule has 378 valence electrons. The minimum atomic E-state index is -5.30. The Bertz CT molecular complexity index is 3830. The molecule has 9 N–H and O–H groups in total. The van der Waals surface area contributed by atoms with Crippen molar-refractivity contribution in [3.63, 3.8) is 0 Å². The van der Waals surface area contributed by atoms with Crippen LogP contribution in [-0.4, -0.2) is 111 Å². The van der Waals surface area contributed by atoms with Gasteiger partial charge in [0.1, 0.15) is 15.5 Å². The van der Waals surface area contributed by atoms with Gasteiger partial charge in [-0.05, 0) is 92.2 Å². The molecule has 0 aliphatic rings. The van der Waals surface area contributed by atoms with Gasteiger partial charge in [-0.15, -0.1) is 0 Å². The van der Waals surface area contributed by atoms with Crippen LogP contribution in [0.4, 0.5) is 52.0 Å². The summed E-state index contributed by atoms with van der Waals surface area (Å²) in [6.07, 6.45) is -0.187. The lowest BCUT2D eigenvalue weighted by Gasteiger charge is -2.16. The molecule has 6 rings (SSSR count). The molecule has 29 nitrogen and oxygen atoms in total. The number of aromatic nitrogens is 3. The number of nitrogens with zero attached hydrogens (tertiary/aromatic N) is 7. The third-order valence-electron chi connectivity index (χ3n) is 9.04. The Labute approximate surface area is 402 Å². The Kier molecular flexibility index (Phi) is 15.5. The van der Waals surface area contributed by atoms with Crippen molar-refractivity contribution in [3.8, 4) is 5.75 Å². The van der Waals surface area contributed by atoms with Gasteiger partial charge in [0.2, 0.25) is 17.8 Å². The standard InChI is InChI=1S/C36H34N10O19S6/c1-20(67(50,51)52)37-34-40-35(42-36(41-34)39-30-11-10-24(16-31(30)65-12-3-13-66(47,48)49)45-44-23-4-2-5-26(14-23)68(53,54)55)38-21-6-8-22(9-7-21)43-46-25-15-28-29(32(17-25)70(59,60)61)18-27(69(56,57)58)19-33(28)71(62,63)64/h2,4-11,14-20H,3,12-13H2,1H3,(H,47,48,49)(H,50,51,52)(H,53,54,55)(H,56,57,58)(H,59,60,61)(H,62,63,64)(H3,37,38,39,40,41,42)/b45-44-,46-43?. The number of nitrogens with one attached hydrogen (secondary N) is 3. The Morgan fingerprint density at radius 1 is 0.535 bits per heavy atom. The molecule has 0 saturated carbocycles. The highest BCUT2D eigenvalue weighted by molar-refractivity contribution is 7.87. The van der Waals surface area contributed by atoms with Crippen LogP contribution in [0, 0.1) is 0 Å². The van der Waals surface area contributed by atoms with Crippen LogP contribution in [0.15, 0.2) is 131 Å². The van der Waals surface area contributed by atoms with Crippen molar-refractivity contribution in [3.05, 3.63) is 91.0 Å². The van der Waals surface area contributed by atoms with Gasteiger partial charge in [-0.25, -0.2) is 0 Å². The van der Waals surface area contributed by atoms with Crippen molar-refractivity contribution < 1.29 is 82.6 Å². The van der Waals surface area contributed by atoms with Crippen molar-refractivity contribution in [1.82, 2.24) is 15.0 Å². The fraction of sp³-hybridized carbons (Fsp3) is 0.139. The molecule has 1 atom stereocenters. The van der Waals surface area contributed by atoms with Gasteiger partial charge in [0.05, 0.1) is 50.6 Å². The summed E-state index contributed by atoms with van der Waals surface area (Å²) in [6.45, 7) is 0.791. The Balaban J connectivity index is 1.31. The number of ether oxygens (including phenoxy) is 1. The Hall–Kier alpha value is -6.77. The molecule has 0 bridgehead atoms. The van der Waals surface area contributed by atoms with Gasteiger partial charge >= 0.3 is 0 Å². The molecule has 1 aromatic heterocycles. The maximum atomic E-state index is 12.3. The second-order valence-corrected chi connectivity index (χ2v) is 23.3. The minimum Gasteiger partial charge on any atom is -0.491 e. The highest BCUT2D eigenvalue weighted by atomic mass is 32.2. The summed E-state index contributed by atoms with van der Waals surface area (Å²) in [5.41, 5.74) is 0.0728. The summed E-state index contributed by atoms with van der Waals surface area (Å²) >= 11 is 0. The number of hydrogen-bond acceptors (Lipinski definition) is 23. The average molecular weight is 1100 g/mol. The molecule has 0 amide bonds. The van der Waals surface area contributed by atoms with Gasteiger partial charge < -0.3 is 20.7 Å². The van der Waals surface area contributed by atoms with E-state index in [0.717, 1.165) is 25.1 Å². The smallest absolute Gasteiger partial charge is 0.295 e. The van der Waals surface area contributed by atoms with E-state index in [0.29, 0.717) is 18.2 Å². The molecule has 0 aliphatic heterocycles. The fourth-order valence-corrected chi connectivity index (χ4v) is 9.12. The fourth-order valence-electron chi connectivity index (χ4n) is 5.82. The summed E-state index contributed by atoms with van der Waals surface area (Å²) < 4.78 is 206. The van der Waals surface area contributed by atoms with Crippen LogP contribution >= 0.6 is 0 Å². The normalized spacial score (nSPS) is 13.4. The summed E-state index contributed by atoms with van der Waals surface area (Å²) in [6, 6.07) is 17.0. The van der Waals surface area contributed by atoms with Gasteiger partial charge in [-0.1, -0.05) is 6.07 Å². The highest BCUT2D eigenvalue weighted by Gasteiger charge is 2.26. The second kappa shape index (κ2) is 20.5. The number of benzene rings is 5. The summed E-state index contributed by atoms with van der Waals surface area (Å²) in [7, 11) is -29.3. The molecule has 35 heteroatoms. The van der Waals surface area contributed by atoms with Crippen LogP contribution in [-0.2, 0) is 60.7 Å². The number of hydrogen-bond donors (Lipinski definition) is 9. The summed E-state index contributed by atoms with van der Waals surface area (Å²) in [5, 5.41) is 20.9. The third kappa shape index (κ3) is 14.9. The first kappa shape index (κ1) is 53.6. The van der Waals surface area contributed by atoms with Crippen molar-refractivity contribution in [2.24, 2.45) is 20.5 Å². The topological polar surface area (TPSA) is 460 Å². The van der Waals surface area contributed by atoms with Crippen molar-refractivity contribution in [2.45, 2.75) is 38.3 Å². The van der Waals surface area contributed by atoms with Crippen LogP contribution in [0.3, 0.4) is 0 Å². The monoisotopic (exact) mass is 1100 g/mol. The molecule has 0 spiro atoms. The van der Waals surface area contributed by atoms with E-state index >= 15 is 0 Å². The molecule has 0 aliphatic carbocycles. The molecular formula is C36H34N10O19S6. The lowest BCUT2D eigenvalue weighted by atomic mass is 10.1. The van der Waals surface area contributed by atoms with Crippen molar-refractivity contribution in [2.75, 3.05) is 28.3 Å². The molecule has 0 saturated heterocycles. The van der Waals surface area contributed by atoms with Crippen LogP contribution in [0.25, 0.3) is 10.8 Å². The van der Waals surface area contributed by atoms with Crippen molar-refractivity contribution in [1.29, 1.82) is 0 Å². The van der Waals surface area contributed by atoms with Gasteiger partial charge in [-0.2, -0.15) is 85.9 Å². The zero-order valence-electron chi connectivity index (χ0n) is 35.4. The Morgan fingerprint density at radius 2 is 1.07 bits per heavy atom. The largest absolute Gasteiger partial charge is 0.491 e. The first-order valence-electron chi connectivity index (χ1n) is 19.1. The summed E-state index contributed by atoms with van der Waals surface area (Å²) in [5.74, 6) is -1.69. The van der Waals surface area contributed by atoms with E-state index in [1.807, 2.05) is 0 Å². The zero-order valence-corrected chi connectivity index (χ0v) is 40.3. The van der Waals surface area contributed by atoms with E-state index in [1.165, 1.54) is 54.6 Å². The van der Waals surface area contributed by atoms with Gasteiger partial charge in [0.15, 0.2) is 5.37 Å². The predicted molar refractivity (Wildman–Crippen MR) is 248 cm³/mol. The highest BCUT2D eigenvalue weighted by Crippen LogP contribution is 2.37. The van der Waals surface area contributed by atoms with E-state index in [2.05, 4.69) is 51.4 Å². The molecule has 71 heavy (non-hydrogen) atoms. The van der Waals surface area contributed by atoms with Gasteiger partial charge in [0, 0.05) is 22.5 Å². The van der Waals surface area contributed by atoms with E-state index in [4.69, 9.17) is 4.74 Å². The molecule has 5 aromatic carbocycles. The maximum absolute atomic E-state index is 12.3. The quantitative estimate of drug-likeness (QED) is 0.0254. The lowest BCUT2D eigenvalue weighted by molar-refractivity contribution is 0.317. The molecule has 6 aromatic rings. The van der Waals surface area contributed by atoms with Gasteiger partial charge in [-0.3, -0.25) is 27.3 Å². The third-order valence-corrected chi connectivity index (χ3v) is 14.3. The SMILES string of the molecule is CC(Nc1nc(Nc2ccc(N=Nc3cc(S(=O)(=O)O)c4cc(S(=O)(=O)O)cc(S(=O)(=O)O)c4c3)cc2)nc(Nc2ccc(/N=N\c3cccc(S(=O)(=O)O)c3)cc2OCCCS(=O)(=O)O)n1)S(=O)(=O)O. The molecular weight excluding hydrogens is 1070 g/mol. The molecule has 0 radical (unpaired) electrons. The number of rotatable bonds is 20. The zero-order chi connectivity index (χ0) is 52.3.